The van der Waals surface area contributed by atoms with Gasteiger partial charge < -0.3 is 15.4 Å². The Morgan fingerprint density at radius 1 is 1.17 bits per heavy atom. The van der Waals surface area contributed by atoms with Crippen molar-refractivity contribution in [3.8, 4) is 5.75 Å². The molecule has 2 aromatic heterocycles. The molecule has 4 aromatic rings. The normalized spacial score (nSPS) is 11.3. The second-order valence-corrected chi connectivity index (χ2v) is 11.6. The molecule has 4 rings (SSSR count). The van der Waals surface area contributed by atoms with E-state index in [2.05, 4.69) is 27.0 Å². The quantitative estimate of drug-likeness (QED) is 0.275. The number of anilines is 1. The lowest BCUT2D eigenvalue weighted by Crippen LogP contribution is -2.33. The molecule has 0 unspecified atom stereocenters. The zero-order chi connectivity index (χ0) is 25.9. The second kappa shape index (κ2) is 10.6. The minimum Gasteiger partial charge on any atom is -0.496 e. The lowest BCUT2D eigenvalue weighted by Gasteiger charge is -2.09. The van der Waals surface area contributed by atoms with Crippen LogP contribution in [0.1, 0.15) is 18.1 Å². The first-order valence-electron chi connectivity index (χ1n) is 10.8. The Labute approximate surface area is 217 Å². The number of allylic oxidation sites excluding steroid dienone is 1. The summed E-state index contributed by atoms with van der Waals surface area (Å²) in [7, 11) is -2.38. The van der Waals surface area contributed by atoms with Crippen LogP contribution in [0.25, 0.3) is 10.9 Å². The first-order valence-corrected chi connectivity index (χ1v) is 13.4. The van der Waals surface area contributed by atoms with E-state index in [0.29, 0.717) is 39.8 Å². The topological polar surface area (TPSA) is 114 Å². The summed E-state index contributed by atoms with van der Waals surface area (Å²) in [5.41, 5.74) is 3.06. The van der Waals surface area contributed by atoms with Crippen molar-refractivity contribution in [3.05, 3.63) is 82.3 Å². The highest BCUT2D eigenvalue weighted by molar-refractivity contribution is 7.94. The number of thiophene rings is 1. The molecule has 188 valence electrons. The molecule has 0 atom stereocenters. The summed E-state index contributed by atoms with van der Waals surface area (Å²) in [6.07, 6.45) is 0. The standard InChI is InChI=1S/C24H24ClN5O4S2/c1-15(2)27-24(31)26-13-16-6-4-7-17(12-16)14-30-18-8-5-9-19(34-3)22(18)23(28-30)29-36(32,33)21-11-10-20(25)35-21/h4-12H,1,13-14H2,2-3H3,(H,28,29)(H2,26,27,31). The van der Waals surface area contributed by atoms with E-state index in [9.17, 15) is 13.2 Å². The number of rotatable bonds is 9. The third-order valence-corrected chi connectivity index (χ3v) is 8.17. The van der Waals surface area contributed by atoms with Gasteiger partial charge in [0.25, 0.3) is 10.0 Å². The predicted octanol–water partition coefficient (Wildman–Crippen LogP) is 4.94. The second-order valence-electron chi connectivity index (χ2n) is 7.93. The fraction of sp³-hybridized carbons (Fsp3) is 0.167. The van der Waals surface area contributed by atoms with Crippen LogP contribution in [0, 0.1) is 0 Å². The molecule has 0 aliphatic heterocycles. The molecule has 3 N–H and O–H groups in total. The largest absolute Gasteiger partial charge is 0.496 e. The van der Waals surface area contributed by atoms with E-state index >= 15 is 0 Å². The van der Waals surface area contributed by atoms with Gasteiger partial charge in [0.2, 0.25) is 0 Å². The van der Waals surface area contributed by atoms with Gasteiger partial charge >= 0.3 is 6.03 Å². The van der Waals surface area contributed by atoms with Gasteiger partial charge in [0, 0.05) is 12.2 Å². The van der Waals surface area contributed by atoms with E-state index in [1.807, 2.05) is 36.4 Å². The van der Waals surface area contributed by atoms with Crippen LogP contribution in [0.3, 0.4) is 0 Å². The number of urea groups is 1. The van der Waals surface area contributed by atoms with Crippen LogP contribution < -0.4 is 20.1 Å². The number of methoxy groups -OCH3 is 1. The van der Waals surface area contributed by atoms with Crippen molar-refractivity contribution in [2.75, 3.05) is 11.8 Å². The molecule has 0 saturated heterocycles. The molecule has 0 radical (unpaired) electrons. The van der Waals surface area contributed by atoms with Gasteiger partial charge in [-0.3, -0.25) is 9.40 Å². The molecular formula is C24H24ClN5O4S2. The first-order chi connectivity index (χ1) is 17.2. The lowest BCUT2D eigenvalue weighted by molar-refractivity contribution is 0.243. The van der Waals surface area contributed by atoms with Crippen LogP contribution in [0.5, 0.6) is 5.75 Å². The molecule has 36 heavy (non-hydrogen) atoms. The molecule has 0 bridgehead atoms. The van der Waals surface area contributed by atoms with Crippen molar-refractivity contribution in [2.24, 2.45) is 0 Å². The monoisotopic (exact) mass is 545 g/mol. The van der Waals surface area contributed by atoms with Crippen molar-refractivity contribution >= 4 is 55.7 Å². The number of nitrogens with zero attached hydrogens (tertiary/aromatic N) is 2. The Morgan fingerprint density at radius 3 is 2.61 bits per heavy atom. The fourth-order valence-corrected chi connectivity index (χ4v) is 6.10. The van der Waals surface area contributed by atoms with Gasteiger partial charge in [0.05, 0.1) is 28.9 Å². The summed E-state index contributed by atoms with van der Waals surface area (Å²) in [5, 5.41) is 10.5. The molecule has 2 aromatic carbocycles. The van der Waals surface area contributed by atoms with E-state index in [1.165, 1.54) is 19.2 Å². The molecular weight excluding hydrogens is 522 g/mol. The summed E-state index contributed by atoms with van der Waals surface area (Å²) in [5.74, 6) is 0.642. The molecule has 9 nitrogen and oxygen atoms in total. The summed E-state index contributed by atoms with van der Waals surface area (Å²) < 4.78 is 36.2. The van der Waals surface area contributed by atoms with Gasteiger partial charge in [0.15, 0.2) is 5.82 Å². The van der Waals surface area contributed by atoms with Crippen LogP contribution in [-0.2, 0) is 23.1 Å². The average molecular weight is 546 g/mol. The van der Waals surface area contributed by atoms with Crippen molar-refractivity contribution in [3.63, 3.8) is 0 Å². The number of fused-ring (bicyclic) bond motifs is 1. The highest BCUT2D eigenvalue weighted by Crippen LogP contribution is 2.35. The number of nitrogens with one attached hydrogen (secondary N) is 3. The van der Waals surface area contributed by atoms with Crippen LogP contribution in [0.2, 0.25) is 4.34 Å². The van der Waals surface area contributed by atoms with E-state index in [4.69, 9.17) is 16.3 Å². The van der Waals surface area contributed by atoms with Gasteiger partial charge in [-0.15, -0.1) is 11.3 Å². The van der Waals surface area contributed by atoms with E-state index < -0.39 is 10.0 Å². The molecule has 0 aliphatic carbocycles. The number of hydrogen-bond donors (Lipinski definition) is 3. The minimum atomic E-state index is -3.90. The minimum absolute atomic E-state index is 0.0842. The van der Waals surface area contributed by atoms with Gasteiger partial charge in [-0.05, 0) is 42.3 Å². The van der Waals surface area contributed by atoms with Crippen LogP contribution in [0.15, 0.2) is 71.1 Å². The Morgan fingerprint density at radius 2 is 1.92 bits per heavy atom. The first kappa shape index (κ1) is 25.5. The number of carbonyl (C=O) groups is 1. The van der Waals surface area contributed by atoms with Gasteiger partial charge in [-0.1, -0.05) is 48.5 Å². The number of aromatic nitrogens is 2. The number of hydrogen-bond acceptors (Lipinski definition) is 6. The SMILES string of the molecule is C=C(C)NC(=O)NCc1cccc(Cn2nc(NS(=O)(=O)c3ccc(Cl)s3)c3c(OC)cccc32)c1. The zero-order valence-electron chi connectivity index (χ0n) is 19.5. The average Bonchev–Trinajstić information content (AvgIpc) is 3.42. The van der Waals surface area contributed by atoms with Gasteiger partial charge in [-0.25, -0.2) is 13.2 Å². The number of halogens is 1. The van der Waals surface area contributed by atoms with Crippen molar-refractivity contribution in [1.82, 2.24) is 20.4 Å². The molecule has 12 heteroatoms. The highest BCUT2D eigenvalue weighted by atomic mass is 35.5. The third kappa shape index (κ3) is 5.81. The lowest BCUT2D eigenvalue weighted by atomic mass is 10.1. The Balaban J connectivity index is 1.64. The van der Waals surface area contributed by atoms with Crippen LogP contribution >= 0.6 is 22.9 Å². The number of carbonyl (C=O) groups excluding carboxylic acids is 1. The van der Waals surface area contributed by atoms with E-state index in [-0.39, 0.29) is 16.1 Å². The third-order valence-electron chi connectivity index (χ3n) is 5.11. The molecule has 0 aliphatic rings. The molecule has 0 spiro atoms. The van der Waals surface area contributed by atoms with Crippen LogP contribution in [-0.4, -0.2) is 31.3 Å². The molecule has 0 fully saturated rings. The van der Waals surface area contributed by atoms with E-state index in [0.717, 1.165) is 22.5 Å². The Kier molecular flexibility index (Phi) is 7.53. The van der Waals surface area contributed by atoms with E-state index in [1.54, 1.807) is 17.7 Å². The van der Waals surface area contributed by atoms with Crippen LogP contribution in [0.4, 0.5) is 10.6 Å². The van der Waals surface area contributed by atoms with Crippen molar-refractivity contribution in [2.45, 2.75) is 24.2 Å². The summed E-state index contributed by atoms with van der Waals surface area (Å²) >= 11 is 6.90. The van der Waals surface area contributed by atoms with Gasteiger partial charge in [-0.2, -0.15) is 5.10 Å². The molecule has 2 heterocycles. The maximum Gasteiger partial charge on any atom is 0.319 e. The Hall–Kier alpha value is -3.54. The number of ether oxygens (including phenoxy) is 1. The predicted molar refractivity (Wildman–Crippen MR) is 142 cm³/mol. The highest BCUT2D eigenvalue weighted by Gasteiger charge is 2.23. The molecule has 0 saturated carbocycles. The smallest absolute Gasteiger partial charge is 0.319 e. The number of sulfonamides is 1. The summed E-state index contributed by atoms with van der Waals surface area (Å²) in [4.78, 5) is 11.9. The van der Waals surface area contributed by atoms with Crippen molar-refractivity contribution in [1.29, 1.82) is 0 Å². The number of benzene rings is 2. The number of amides is 2. The summed E-state index contributed by atoms with van der Waals surface area (Å²) in [6.45, 7) is 6.05. The fourth-order valence-electron chi connectivity index (χ4n) is 3.61. The van der Waals surface area contributed by atoms with Crippen molar-refractivity contribution < 1.29 is 17.9 Å². The zero-order valence-corrected chi connectivity index (χ0v) is 21.9. The molecule has 2 amide bonds. The van der Waals surface area contributed by atoms with Gasteiger partial charge in [0.1, 0.15) is 9.96 Å². The maximum atomic E-state index is 13.0. The Bertz CT molecular complexity index is 1550. The summed E-state index contributed by atoms with van der Waals surface area (Å²) in [6, 6.07) is 15.7. The maximum absolute atomic E-state index is 13.0.